The van der Waals surface area contributed by atoms with Gasteiger partial charge in [0.2, 0.25) is 0 Å². The predicted molar refractivity (Wildman–Crippen MR) is 113 cm³/mol. The van der Waals surface area contributed by atoms with Gasteiger partial charge in [-0.1, -0.05) is 57.5 Å². The number of guanidine groups is 1. The van der Waals surface area contributed by atoms with Gasteiger partial charge in [0.1, 0.15) is 0 Å². The average Bonchev–Trinajstić information content (AvgIpc) is 2.65. The van der Waals surface area contributed by atoms with Crippen LogP contribution in [0.5, 0.6) is 0 Å². The Hall–Kier alpha value is -1.36. The molecule has 146 valence electrons. The largest absolute Gasteiger partial charge is 0.356 e. The van der Waals surface area contributed by atoms with Crippen molar-refractivity contribution in [2.45, 2.75) is 64.2 Å². The first kappa shape index (κ1) is 20.9. The summed E-state index contributed by atoms with van der Waals surface area (Å²) in [4.78, 5) is 4.40. The number of hydrogen-bond donors (Lipinski definition) is 2. The first-order valence-electron chi connectivity index (χ1n) is 9.82. The molecule has 0 aliphatic heterocycles. The zero-order valence-electron chi connectivity index (χ0n) is 16.8. The molecule has 0 heterocycles. The normalized spacial score (nSPS) is 22.7. The van der Waals surface area contributed by atoms with Crippen LogP contribution in [0.25, 0.3) is 0 Å². The number of nitrogens with zero attached hydrogens (tertiary/aromatic N) is 1. The lowest BCUT2D eigenvalue weighted by atomic mass is 9.86. The Morgan fingerprint density at radius 2 is 2.00 bits per heavy atom. The molecular weight excluding hydrogens is 342 g/mol. The zero-order chi connectivity index (χ0) is 19.0. The van der Waals surface area contributed by atoms with E-state index >= 15 is 0 Å². The molecule has 0 radical (unpaired) electrons. The van der Waals surface area contributed by atoms with Crippen molar-refractivity contribution < 1.29 is 4.21 Å². The minimum atomic E-state index is -0.692. The molecule has 3 unspecified atom stereocenters. The summed E-state index contributed by atoms with van der Waals surface area (Å²) in [6.45, 7) is 7.43. The van der Waals surface area contributed by atoms with Crippen LogP contribution in [0, 0.1) is 5.41 Å². The maximum absolute atomic E-state index is 12.1. The van der Waals surface area contributed by atoms with Gasteiger partial charge in [-0.15, -0.1) is 0 Å². The fourth-order valence-electron chi connectivity index (χ4n) is 3.67. The summed E-state index contributed by atoms with van der Waals surface area (Å²) in [6, 6.07) is 11.0. The average molecular weight is 378 g/mol. The molecule has 5 heteroatoms. The molecule has 0 saturated heterocycles. The molecule has 2 N–H and O–H groups in total. The van der Waals surface area contributed by atoms with Crippen molar-refractivity contribution in [1.82, 2.24) is 10.6 Å². The quantitative estimate of drug-likeness (QED) is 0.565. The second-order valence-electron chi connectivity index (χ2n) is 8.05. The molecule has 0 spiro atoms. The van der Waals surface area contributed by atoms with Crippen molar-refractivity contribution in [3.8, 4) is 0 Å². The summed E-state index contributed by atoms with van der Waals surface area (Å²) >= 11 is 0. The minimum Gasteiger partial charge on any atom is -0.356 e. The van der Waals surface area contributed by atoms with Crippen molar-refractivity contribution in [1.29, 1.82) is 0 Å². The van der Waals surface area contributed by atoms with E-state index in [0.717, 1.165) is 50.4 Å². The Bertz CT molecular complexity index is 601. The summed E-state index contributed by atoms with van der Waals surface area (Å²) < 4.78 is 12.1. The molecule has 0 bridgehead atoms. The molecule has 4 nitrogen and oxygen atoms in total. The third-order valence-electron chi connectivity index (χ3n) is 5.11. The fraction of sp³-hybridized carbons (Fsp3) is 0.667. The molecule has 1 aromatic rings. The van der Waals surface area contributed by atoms with Crippen molar-refractivity contribution in [2.75, 3.05) is 19.3 Å². The maximum Gasteiger partial charge on any atom is 0.191 e. The van der Waals surface area contributed by atoms with E-state index in [2.05, 4.69) is 59.8 Å². The Labute approximate surface area is 161 Å². The standard InChI is InChI=1S/C21H35N3OS/c1-5-26(25)19-13-9-12-18(14-19)24-20(22-4)23-16-21(2,3)15-17-10-7-6-8-11-17/h6-8,10-11,18-19H,5,9,12-16H2,1-4H3,(H2,22,23,24). The second-order valence-corrected chi connectivity index (χ2v) is 10.1. The van der Waals surface area contributed by atoms with E-state index in [1.165, 1.54) is 5.56 Å². The van der Waals surface area contributed by atoms with Gasteiger partial charge < -0.3 is 10.6 Å². The van der Waals surface area contributed by atoms with Gasteiger partial charge in [-0.3, -0.25) is 9.20 Å². The summed E-state index contributed by atoms with van der Waals surface area (Å²) in [5.41, 5.74) is 1.50. The van der Waals surface area contributed by atoms with Crippen molar-refractivity contribution in [3.63, 3.8) is 0 Å². The topological polar surface area (TPSA) is 53.5 Å². The molecule has 3 atom stereocenters. The number of nitrogens with one attached hydrogen (secondary N) is 2. The van der Waals surface area contributed by atoms with E-state index in [1.807, 2.05) is 14.0 Å². The Kier molecular flexibility index (Phi) is 8.14. The lowest BCUT2D eigenvalue weighted by Gasteiger charge is -2.31. The number of aliphatic imine (C=N–C) groups is 1. The van der Waals surface area contributed by atoms with E-state index in [1.54, 1.807) is 0 Å². The highest BCUT2D eigenvalue weighted by atomic mass is 32.2. The fourth-order valence-corrected chi connectivity index (χ4v) is 5.02. The smallest absolute Gasteiger partial charge is 0.191 e. The molecule has 1 saturated carbocycles. The van der Waals surface area contributed by atoms with Crippen LogP contribution >= 0.6 is 0 Å². The predicted octanol–water partition coefficient (Wildman–Crippen LogP) is 3.50. The van der Waals surface area contributed by atoms with Crippen LogP contribution in [0.1, 0.15) is 52.0 Å². The highest BCUT2D eigenvalue weighted by Gasteiger charge is 2.26. The summed E-state index contributed by atoms with van der Waals surface area (Å²) in [5, 5.41) is 7.39. The van der Waals surface area contributed by atoms with E-state index in [-0.39, 0.29) is 5.41 Å². The van der Waals surface area contributed by atoms with Gasteiger partial charge >= 0.3 is 0 Å². The molecule has 1 aliphatic carbocycles. The van der Waals surface area contributed by atoms with Gasteiger partial charge in [0.05, 0.1) is 0 Å². The first-order valence-corrected chi connectivity index (χ1v) is 11.2. The summed E-state index contributed by atoms with van der Waals surface area (Å²) in [6.07, 6.45) is 5.37. The van der Waals surface area contributed by atoms with E-state index in [0.29, 0.717) is 11.3 Å². The molecule has 2 rings (SSSR count). The van der Waals surface area contributed by atoms with E-state index < -0.39 is 10.8 Å². The van der Waals surface area contributed by atoms with Crippen molar-refractivity contribution in [3.05, 3.63) is 35.9 Å². The first-order chi connectivity index (χ1) is 12.4. The lowest BCUT2D eigenvalue weighted by Crippen LogP contribution is -2.48. The Morgan fingerprint density at radius 1 is 1.27 bits per heavy atom. The number of benzene rings is 1. The molecule has 26 heavy (non-hydrogen) atoms. The molecule has 1 aromatic carbocycles. The lowest BCUT2D eigenvalue weighted by molar-refractivity contribution is 0.355. The van der Waals surface area contributed by atoms with Gasteiger partial charge in [-0.2, -0.15) is 0 Å². The number of rotatable bonds is 7. The third kappa shape index (κ3) is 6.75. The van der Waals surface area contributed by atoms with Crippen LogP contribution in [0.3, 0.4) is 0 Å². The molecule has 0 amide bonds. The van der Waals surface area contributed by atoms with Gasteiger partial charge in [0.15, 0.2) is 5.96 Å². The number of hydrogen-bond acceptors (Lipinski definition) is 2. The van der Waals surface area contributed by atoms with Crippen LogP contribution in [-0.4, -0.2) is 40.8 Å². The van der Waals surface area contributed by atoms with E-state index in [9.17, 15) is 4.21 Å². The van der Waals surface area contributed by atoms with Crippen LogP contribution in [-0.2, 0) is 17.2 Å². The van der Waals surface area contributed by atoms with Gasteiger partial charge in [-0.25, -0.2) is 0 Å². The van der Waals surface area contributed by atoms with Crippen LogP contribution in [0.4, 0.5) is 0 Å². The van der Waals surface area contributed by atoms with Crippen LogP contribution in [0.15, 0.2) is 35.3 Å². The van der Waals surface area contributed by atoms with E-state index in [4.69, 9.17) is 0 Å². The van der Waals surface area contributed by atoms with Crippen LogP contribution in [0.2, 0.25) is 0 Å². The molecule has 1 aliphatic rings. The van der Waals surface area contributed by atoms with Crippen molar-refractivity contribution >= 4 is 16.8 Å². The molecule has 0 aromatic heterocycles. The summed E-state index contributed by atoms with van der Waals surface area (Å²) in [5.74, 6) is 1.62. The minimum absolute atomic E-state index is 0.137. The monoisotopic (exact) mass is 377 g/mol. The van der Waals surface area contributed by atoms with Crippen molar-refractivity contribution in [2.24, 2.45) is 10.4 Å². The highest BCUT2D eigenvalue weighted by molar-refractivity contribution is 7.85. The van der Waals surface area contributed by atoms with Gasteiger partial charge in [0.25, 0.3) is 0 Å². The Balaban J connectivity index is 1.84. The zero-order valence-corrected chi connectivity index (χ0v) is 17.6. The second kappa shape index (κ2) is 10.1. The van der Waals surface area contributed by atoms with Gasteiger partial charge in [0, 0.05) is 41.4 Å². The molecule has 1 fully saturated rings. The Morgan fingerprint density at radius 3 is 2.65 bits per heavy atom. The highest BCUT2D eigenvalue weighted by Crippen LogP contribution is 2.23. The molecular formula is C21H35N3OS. The van der Waals surface area contributed by atoms with Crippen LogP contribution < -0.4 is 10.6 Å². The summed E-state index contributed by atoms with van der Waals surface area (Å²) in [7, 11) is 1.13. The third-order valence-corrected chi connectivity index (χ3v) is 6.85. The maximum atomic E-state index is 12.1. The van der Waals surface area contributed by atoms with Gasteiger partial charge in [-0.05, 0) is 36.7 Å². The SMILES string of the molecule is CCS(=O)C1CCCC(NC(=NC)NCC(C)(C)Cc2ccccc2)C1.